The van der Waals surface area contributed by atoms with E-state index in [2.05, 4.69) is 10.3 Å². The molecule has 4 nitrogen and oxygen atoms in total. The zero-order valence-corrected chi connectivity index (χ0v) is 10.9. The molecule has 0 unspecified atom stereocenters. The first-order valence-corrected chi connectivity index (χ1v) is 6.20. The molecule has 0 saturated carbocycles. The topological polar surface area (TPSA) is 62.2 Å². The van der Waals surface area contributed by atoms with E-state index in [1.165, 1.54) is 17.8 Å². The number of hydrogen-bond donors (Lipinski definition) is 2. The Morgan fingerprint density at radius 2 is 2.00 bits per heavy atom. The van der Waals surface area contributed by atoms with E-state index >= 15 is 0 Å². The van der Waals surface area contributed by atoms with Crippen LogP contribution in [-0.4, -0.2) is 22.6 Å². The lowest BCUT2D eigenvalue weighted by Gasteiger charge is -2.07. The molecule has 5 heteroatoms. The number of carbonyl (C=O) groups is 1. The first-order chi connectivity index (χ1) is 9.15. The van der Waals surface area contributed by atoms with Gasteiger partial charge < -0.3 is 10.4 Å². The molecular weight excluding hydrogens is 264 g/mol. The van der Waals surface area contributed by atoms with Crippen LogP contribution in [0.15, 0.2) is 42.6 Å². The maximum atomic E-state index is 10.8. The van der Waals surface area contributed by atoms with E-state index in [-0.39, 0.29) is 5.69 Å². The number of aromatic carboxylic acids is 1. The molecule has 0 fully saturated rings. The average Bonchev–Trinajstić information content (AvgIpc) is 2.41. The van der Waals surface area contributed by atoms with Gasteiger partial charge in [-0.1, -0.05) is 23.7 Å². The summed E-state index contributed by atoms with van der Waals surface area (Å²) in [5, 5.41) is 12.7. The Kier molecular flexibility index (Phi) is 4.36. The van der Waals surface area contributed by atoms with Gasteiger partial charge in [0.05, 0.1) is 0 Å². The second-order valence-corrected chi connectivity index (χ2v) is 4.47. The first kappa shape index (κ1) is 13.4. The second-order valence-electron chi connectivity index (χ2n) is 4.04. The van der Waals surface area contributed by atoms with Gasteiger partial charge in [0.1, 0.15) is 5.69 Å². The Balaban J connectivity index is 1.90. The fraction of sp³-hybridized carbons (Fsp3) is 0.143. The van der Waals surface area contributed by atoms with Gasteiger partial charge in [0.2, 0.25) is 0 Å². The second kappa shape index (κ2) is 6.20. The summed E-state index contributed by atoms with van der Waals surface area (Å²) < 4.78 is 0. The number of halogens is 1. The zero-order chi connectivity index (χ0) is 13.7. The van der Waals surface area contributed by atoms with Gasteiger partial charge in [-0.25, -0.2) is 9.78 Å². The Bertz CT molecular complexity index is 570. The van der Waals surface area contributed by atoms with Crippen molar-refractivity contribution in [3.05, 3.63) is 58.9 Å². The summed E-state index contributed by atoms with van der Waals surface area (Å²) in [6.07, 6.45) is 2.32. The highest BCUT2D eigenvalue weighted by atomic mass is 35.5. The summed E-state index contributed by atoms with van der Waals surface area (Å²) >= 11 is 5.81. The summed E-state index contributed by atoms with van der Waals surface area (Å²) in [6.45, 7) is 0.713. The molecule has 19 heavy (non-hydrogen) atoms. The lowest BCUT2D eigenvalue weighted by atomic mass is 10.1. The number of nitrogens with zero attached hydrogens (tertiary/aromatic N) is 1. The van der Waals surface area contributed by atoms with Crippen LogP contribution in [0.3, 0.4) is 0 Å². The van der Waals surface area contributed by atoms with Crippen molar-refractivity contribution in [1.82, 2.24) is 4.98 Å². The molecule has 0 bridgehead atoms. The number of carboxylic acid groups (broad SMARTS) is 1. The molecule has 2 N–H and O–H groups in total. The lowest BCUT2D eigenvalue weighted by molar-refractivity contribution is 0.0690. The van der Waals surface area contributed by atoms with E-state index in [1.807, 2.05) is 24.3 Å². The Morgan fingerprint density at radius 1 is 1.26 bits per heavy atom. The van der Waals surface area contributed by atoms with Crippen molar-refractivity contribution in [1.29, 1.82) is 0 Å². The molecule has 0 radical (unpaired) electrons. The van der Waals surface area contributed by atoms with Crippen LogP contribution in [0.1, 0.15) is 16.1 Å². The number of rotatable bonds is 5. The third-order valence-corrected chi connectivity index (χ3v) is 2.89. The van der Waals surface area contributed by atoms with Gasteiger partial charge in [-0.05, 0) is 36.2 Å². The zero-order valence-electron chi connectivity index (χ0n) is 10.1. The quantitative estimate of drug-likeness (QED) is 0.881. The number of pyridine rings is 1. The average molecular weight is 277 g/mol. The third-order valence-electron chi connectivity index (χ3n) is 2.64. The van der Waals surface area contributed by atoms with Gasteiger partial charge in [-0.15, -0.1) is 0 Å². The fourth-order valence-electron chi connectivity index (χ4n) is 1.66. The largest absolute Gasteiger partial charge is 0.477 e. The van der Waals surface area contributed by atoms with Crippen LogP contribution in [0.4, 0.5) is 5.69 Å². The summed E-state index contributed by atoms with van der Waals surface area (Å²) in [4.78, 5) is 14.5. The number of nitrogens with one attached hydrogen (secondary N) is 1. The molecule has 1 aromatic carbocycles. The monoisotopic (exact) mass is 276 g/mol. The van der Waals surface area contributed by atoms with Gasteiger partial charge in [0, 0.05) is 23.5 Å². The van der Waals surface area contributed by atoms with Crippen molar-refractivity contribution in [2.75, 3.05) is 11.9 Å². The molecule has 2 rings (SSSR count). The molecule has 0 saturated heterocycles. The highest BCUT2D eigenvalue weighted by molar-refractivity contribution is 6.30. The van der Waals surface area contributed by atoms with Gasteiger partial charge in [-0.3, -0.25) is 0 Å². The molecule has 0 aliphatic carbocycles. The summed E-state index contributed by atoms with van der Waals surface area (Å²) in [5.74, 6) is -1.03. The molecule has 1 aromatic heterocycles. The van der Waals surface area contributed by atoms with Gasteiger partial charge >= 0.3 is 5.97 Å². The molecule has 0 atom stereocenters. The standard InChI is InChI=1S/C14H13ClN2O2/c15-11-3-1-10(2-4-11)5-7-16-12-6-8-17-13(9-12)14(18)19/h1-4,6,8-9H,5,7H2,(H,16,17)(H,18,19). The molecular formula is C14H13ClN2O2. The predicted octanol–water partition coefficient (Wildman–Crippen LogP) is 3.09. The van der Waals surface area contributed by atoms with Crippen LogP contribution in [-0.2, 0) is 6.42 Å². The molecule has 0 amide bonds. The van der Waals surface area contributed by atoms with E-state index in [0.29, 0.717) is 6.54 Å². The maximum Gasteiger partial charge on any atom is 0.354 e. The summed E-state index contributed by atoms with van der Waals surface area (Å²) in [7, 11) is 0. The van der Waals surface area contributed by atoms with Crippen molar-refractivity contribution in [3.8, 4) is 0 Å². The minimum absolute atomic E-state index is 0.0384. The van der Waals surface area contributed by atoms with E-state index in [9.17, 15) is 4.79 Å². The Morgan fingerprint density at radius 3 is 2.68 bits per heavy atom. The van der Waals surface area contributed by atoms with Crippen LogP contribution in [0.25, 0.3) is 0 Å². The number of aromatic nitrogens is 1. The molecule has 1 heterocycles. The van der Waals surface area contributed by atoms with Crippen molar-refractivity contribution in [3.63, 3.8) is 0 Å². The fourth-order valence-corrected chi connectivity index (χ4v) is 1.79. The molecule has 0 spiro atoms. The minimum atomic E-state index is -1.03. The van der Waals surface area contributed by atoms with Crippen molar-refractivity contribution in [2.24, 2.45) is 0 Å². The highest BCUT2D eigenvalue weighted by Gasteiger charge is 2.04. The van der Waals surface area contributed by atoms with Gasteiger partial charge in [0.15, 0.2) is 0 Å². The number of hydrogen-bond acceptors (Lipinski definition) is 3. The smallest absolute Gasteiger partial charge is 0.354 e. The normalized spacial score (nSPS) is 10.2. The number of anilines is 1. The third kappa shape index (κ3) is 3.96. The van der Waals surface area contributed by atoms with Crippen LogP contribution >= 0.6 is 11.6 Å². The van der Waals surface area contributed by atoms with E-state index < -0.39 is 5.97 Å². The highest BCUT2D eigenvalue weighted by Crippen LogP contribution is 2.11. The molecule has 0 aliphatic heterocycles. The molecule has 0 aliphatic rings. The Labute approximate surface area is 116 Å². The summed E-state index contributed by atoms with van der Waals surface area (Å²) in [6, 6.07) is 10.9. The van der Waals surface area contributed by atoms with Crippen LogP contribution in [0.2, 0.25) is 5.02 Å². The minimum Gasteiger partial charge on any atom is -0.477 e. The predicted molar refractivity (Wildman–Crippen MR) is 74.8 cm³/mol. The van der Waals surface area contributed by atoms with Gasteiger partial charge in [0.25, 0.3) is 0 Å². The van der Waals surface area contributed by atoms with Crippen LogP contribution in [0, 0.1) is 0 Å². The van der Waals surface area contributed by atoms with Crippen LogP contribution in [0.5, 0.6) is 0 Å². The number of benzene rings is 1. The van der Waals surface area contributed by atoms with Crippen molar-refractivity contribution in [2.45, 2.75) is 6.42 Å². The molecule has 98 valence electrons. The van der Waals surface area contributed by atoms with Crippen LogP contribution < -0.4 is 5.32 Å². The first-order valence-electron chi connectivity index (χ1n) is 5.83. The van der Waals surface area contributed by atoms with Crippen molar-refractivity contribution >= 4 is 23.3 Å². The molecule has 2 aromatic rings. The maximum absolute atomic E-state index is 10.8. The summed E-state index contributed by atoms with van der Waals surface area (Å²) in [5.41, 5.74) is 1.96. The van der Waals surface area contributed by atoms with E-state index in [4.69, 9.17) is 16.7 Å². The Hall–Kier alpha value is -2.07. The van der Waals surface area contributed by atoms with E-state index in [0.717, 1.165) is 17.1 Å². The number of carboxylic acids is 1. The van der Waals surface area contributed by atoms with E-state index in [1.54, 1.807) is 6.07 Å². The van der Waals surface area contributed by atoms with Crippen molar-refractivity contribution < 1.29 is 9.90 Å². The lowest BCUT2D eigenvalue weighted by Crippen LogP contribution is -2.07. The van der Waals surface area contributed by atoms with Gasteiger partial charge in [-0.2, -0.15) is 0 Å². The SMILES string of the molecule is O=C(O)c1cc(NCCc2ccc(Cl)cc2)ccn1.